The number of aryl methyl sites for hydroxylation is 1. The van der Waals surface area contributed by atoms with Crippen molar-refractivity contribution in [2.75, 3.05) is 7.11 Å². The molecule has 0 saturated heterocycles. The Bertz CT molecular complexity index is 491. The molecule has 0 aliphatic rings. The van der Waals surface area contributed by atoms with Gasteiger partial charge in [0.15, 0.2) is 5.82 Å². The SMILES string of the molecule is COc1ccc(Cn2c(C)nnc2CO)cc1. The van der Waals surface area contributed by atoms with Gasteiger partial charge in [-0.05, 0) is 24.6 Å². The maximum Gasteiger partial charge on any atom is 0.159 e. The van der Waals surface area contributed by atoms with Gasteiger partial charge in [-0.3, -0.25) is 0 Å². The minimum Gasteiger partial charge on any atom is -0.497 e. The molecule has 0 atom stereocenters. The highest BCUT2D eigenvalue weighted by molar-refractivity contribution is 5.27. The van der Waals surface area contributed by atoms with E-state index < -0.39 is 0 Å². The summed E-state index contributed by atoms with van der Waals surface area (Å²) in [7, 11) is 1.64. The van der Waals surface area contributed by atoms with Crippen LogP contribution in [0.15, 0.2) is 24.3 Å². The van der Waals surface area contributed by atoms with Crippen LogP contribution in [0.5, 0.6) is 5.75 Å². The molecule has 1 aromatic heterocycles. The molecular weight excluding hydrogens is 218 g/mol. The Morgan fingerprint density at radius 3 is 2.53 bits per heavy atom. The molecule has 0 aliphatic carbocycles. The van der Waals surface area contributed by atoms with Crippen LogP contribution in [0.25, 0.3) is 0 Å². The zero-order valence-electron chi connectivity index (χ0n) is 9.92. The summed E-state index contributed by atoms with van der Waals surface area (Å²) in [6.07, 6.45) is 0. The van der Waals surface area contributed by atoms with Gasteiger partial charge < -0.3 is 14.4 Å². The third-order valence-corrected chi connectivity index (χ3v) is 2.65. The van der Waals surface area contributed by atoms with Crippen LogP contribution in [0, 0.1) is 6.92 Å². The van der Waals surface area contributed by atoms with Crippen LogP contribution < -0.4 is 4.74 Å². The van der Waals surface area contributed by atoms with Crippen molar-refractivity contribution in [1.29, 1.82) is 0 Å². The van der Waals surface area contributed by atoms with E-state index in [2.05, 4.69) is 10.2 Å². The third-order valence-electron chi connectivity index (χ3n) is 2.65. The maximum atomic E-state index is 9.15. The Morgan fingerprint density at radius 2 is 1.94 bits per heavy atom. The fourth-order valence-electron chi connectivity index (χ4n) is 1.66. The molecule has 0 spiro atoms. The maximum absolute atomic E-state index is 9.15. The first kappa shape index (κ1) is 11.6. The lowest BCUT2D eigenvalue weighted by Gasteiger charge is -2.08. The van der Waals surface area contributed by atoms with E-state index in [9.17, 15) is 0 Å². The molecule has 1 aromatic carbocycles. The number of hydrogen-bond donors (Lipinski definition) is 1. The highest BCUT2D eigenvalue weighted by atomic mass is 16.5. The van der Waals surface area contributed by atoms with Crippen molar-refractivity contribution in [3.63, 3.8) is 0 Å². The minimum absolute atomic E-state index is 0.100. The largest absolute Gasteiger partial charge is 0.497 e. The van der Waals surface area contributed by atoms with Crippen molar-refractivity contribution in [2.45, 2.75) is 20.1 Å². The number of nitrogens with zero attached hydrogens (tertiary/aromatic N) is 3. The normalized spacial score (nSPS) is 10.5. The minimum atomic E-state index is -0.100. The molecule has 0 saturated carbocycles. The summed E-state index contributed by atoms with van der Waals surface area (Å²) in [5.41, 5.74) is 1.11. The zero-order valence-corrected chi connectivity index (χ0v) is 9.92. The highest BCUT2D eigenvalue weighted by Gasteiger charge is 2.07. The Hall–Kier alpha value is -1.88. The summed E-state index contributed by atoms with van der Waals surface area (Å²) < 4.78 is 6.99. The van der Waals surface area contributed by atoms with Gasteiger partial charge in [0.2, 0.25) is 0 Å². The van der Waals surface area contributed by atoms with Gasteiger partial charge in [0.1, 0.15) is 18.2 Å². The zero-order chi connectivity index (χ0) is 12.3. The molecule has 90 valence electrons. The molecule has 0 unspecified atom stereocenters. The van der Waals surface area contributed by atoms with E-state index in [0.717, 1.165) is 17.1 Å². The lowest BCUT2D eigenvalue weighted by atomic mass is 10.2. The first-order chi connectivity index (χ1) is 8.24. The number of benzene rings is 1. The van der Waals surface area contributed by atoms with E-state index in [0.29, 0.717) is 12.4 Å². The first-order valence-corrected chi connectivity index (χ1v) is 5.37. The Morgan fingerprint density at radius 1 is 1.24 bits per heavy atom. The van der Waals surface area contributed by atoms with Crippen molar-refractivity contribution >= 4 is 0 Å². The topological polar surface area (TPSA) is 60.2 Å². The fraction of sp³-hybridized carbons (Fsp3) is 0.333. The van der Waals surface area contributed by atoms with Crippen LogP contribution in [0.2, 0.25) is 0 Å². The van der Waals surface area contributed by atoms with E-state index in [1.165, 1.54) is 0 Å². The van der Waals surface area contributed by atoms with Gasteiger partial charge in [-0.2, -0.15) is 0 Å². The smallest absolute Gasteiger partial charge is 0.159 e. The van der Waals surface area contributed by atoms with Crippen molar-refractivity contribution in [3.8, 4) is 5.75 Å². The van der Waals surface area contributed by atoms with Crippen molar-refractivity contribution in [3.05, 3.63) is 41.5 Å². The average Bonchev–Trinajstić information content (AvgIpc) is 2.71. The number of aliphatic hydroxyl groups excluding tert-OH is 1. The van der Waals surface area contributed by atoms with E-state index in [1.54, 1.807) is 7.11 Å². The molecule has 0 amide bonds. The molecule has 1 N–H and O–H groups in total. The lowest BCUT2D eigenvalue weighted by Crippen LogP contribution is -2.07. The van der Waals surface area contributed by atoms with E-state index in [-0.39, 0.29) is 6.61 Å². The Labute approximate surface area is 99.7 Å². The number of hydrogen-bond acceptors (Lipinski definition) is 4. The van der Waals surface area contributed by atoms with Gasteiger partial charge in [-0.1, -0.05) is 12.1 Å². The fourth-order valence-corrected chi connectivity index (χ4v) is 1.66. The molecule has 0 aliphatic heterocycles. The van der Waals surface area contributed by atoms with Gasteiger partial charge in [0, 0.05) is 0 Å². The number of aromatic nitrogens is 3. The molecule has 2 aromatic rings. The van der Waals surface area contributed by atoms with Gasteiger partial charge in [0.25, 0.3) is 0 Å². The molecule has 0 fully saturated rings. The van der Waals surface area contributed by atoms with Gasteiger partial charge >= 0.3 is 0 Å². The Kier molecular flexibility index (Phi) is 3.39. The van der Waals surface area contributed by atoms with Crippen LogP contribution in [0.3, 0.4) is 0 Å². The first-order valence-electron chi connectivity index (χ1n) is 5.37. The van der Waals surface area contributed by atoms with Crippen LogP contribution in [0.1, 0.15) is 17.2 Å². The summed E-state index contributed by atoms with van der Waals surface area (Å²) in [5.74, 6) is 2.21. The van der Waals surface area contributed by atoms with Crippen molar-refractivity contribution in [2.24, 2.45) is 0 Å². The van der Waals surface area contributed by atoms with E-state index in [1.807, 2.05) is 35.8 Å². The van der Waals surface area contributed by atoms with Gasteiger partial charge in [-0.15, -0.1) is 10.2 Å². The predicted octanol–water partition coefficient (Wildman–Crippen LogP) is 1.14. The predicted molar refractivity (Wildman–Crippen MR) is 62.8 cm³/mol. The molecular formula is C12H15N3O2. The summed E-state index contributed by atoms with van der Waals surface area (Å²) in [6, 6.07) is 7.79. The monoisotopic (exact) mass is 233 g/mol. The molecule has 2 rings (SSSR count). The second kappa shape index (κ2) is 4.97. The van der Waals surface area contributed by atoms with Crippen molar-refractivity contribution in [1.82, 2.24) is 14.8 Å². The van der Waals surface area contributed by atoms with E-state index in [4.69, 9.17) is 9.84 Å². The number of aliphatic hydroxyl groups is 1. The molecule has 5 nitrogen and oxygen atoms in total. The third kappa shape index (κ3) is 2.45. The number of ether oxygens (including phenoxy) is 1. The van der Waals surface area contributed by atoms with Crippen molar-refractivity contribution < 1.29 is 9.84 Å². The van der Waals surface area contributed by atoms with Crippen LogP contribution in [-0.2, 0) is 13.2 Å². The number of methoxy groups -OCH3 is 1. The molecule has 0 radical (unpaired) electrons. The Balaban J connectivity index is 2.21. The molecule has 1 heterocycles. The molecule has 17 heavy (non-hydrogen) atoms. The summed E-state index contributed by atoms with van der Waals surface area (Å²) in [5, 5.41) is 17.0. The highest BCUT2D eigenvalue weighted by Crippen LogP contribution is 2.13. The van der Waals surface area contributed by atoms with E-state index >= 15 is 0 Å². The summed E-state index contributed by atoms with van der Waals surface area (Å²) >= 11 is 0. The number of rotatable bonds is 4. The quantitative estimate of drug-likeness (QED) is 0.860. The van der Waals surface area contributed by atoms with Gasteiger partial charge in [0.05, 0.1) is 13.7 Å². The van der Waals surface area contributed by atoms with Crippen LogP contribution in [-0.4, -0.2) is 27.0 Å². The molecule has 0 bridgehead atoms. The van der Waals surface area contributed by atoms with Gasteiger partial charge in [-0.25, -0.2) is 0 Å². The average molecular weight is 233 g/mol. The summed E-state index contributed by atoms with van der Waals surface area (Å²) in [6.45, 7) is 2.42. The van der Waals surface area contributed by atoms with Crippen LogP contribution >= 0.6 is 0 Å². The second-order valence-corrected chi connectivity index (χ2v) is 3.76. The van der Waals surface area contributed by atoms with Crippen LogP contribution in [0.4, 0.5) is 0 Å². The standard InChI is InChI=1S/C12H15N3O2/c1-9-13-14-12(8-16)15(9)7-10-3-5-11(17-2)6-4-10/h3-6,16H,7-8H2,1-2H3. The summed E-state index contributed by atoms with van der Waals surface area (Å²) in [4.78, 5) is 0. The second-order valence-electron chi connectivity index (χ2n) is 3.76. The lowest BCUT2D eigenvalue weighted by molar-refractivity contribution is 0.265. The molecule has 5 heteroatoms.